The predicted molar refractivity (Wildman–Crippen MR) is 102 cm³/mol. The molecule has 26 heavy (non-hydrogen) atoms. The first-order chi connectivity index (χ1) is 12.6. The second-order valence-corrected chi connectivity index (χ2v) is 6.56. The number of para-hydroxylation sites is 1. The van der Waals surface area contributed by atoms with Gasteiger partial charge in [0.1, 0.15) is 0 Å². The molecule has 1 heterocycles. The van der Waals surface area contributed by atoms with Crippen LogP contribution in [-0.2, 0) is 11.3 Å². The van der Waals surface area contributed by atoms with Crippen LogP contribution in [0.5, 0.6) is 11.5 Å². The number of ether oxygens (including phenoxy) is 2. The van der Waals surface area contributed by atoms with Crippen molar-refractivity contribution in [1.82, 2.24) is 4.90 Å². The molecule has 0 aliphatic carbocycles. The Balaban J connectivity index is 1.89. The maximum absolute atomic E-state index is 12.7. The lowest BCUT2D eigenvalue weighted by Crippen LogP contribution is -2.27. The van der Waals surface area contributed by atoms with E-state index in [1.807, 2.05) is 49.4 Å². The molecule has 5 nitrogen and oxygen atoms in total. The van der Waals surface area contributed by atoms with E-state index in [9.17, 15) is 9.59 Å². The van der Waals surface area contributed by atoms with Crippen LogP contribution in [0.4, 0.5) is 4.79 Å². The molecule has 0 bridgehead atoms. The molecule has 0 radical (unpaired) electrons. The molecule has 1 aliphatic heterocycles. The van der Waals surface area contributed by atoms with E-state index in [0.717, 1.165) is 17.3 Å². The van der Waals surface area contributed by atoms with Crippen molar-refractivity contribution in [2.24, 2.45) is 0 Å². The summed E-state index contributed by atoms with van der Waals surface area (Å²) < 4.78 is 11.0. The third-order valence-corrected chi connectivity index (χ3v) is 4.77. The Bertz CT molecular complexity index is 848. The van der Waals surface area contributed by atoms with Gasteiger partial charge in [0.15, 0.2) is 11.5 Å². The molecule has 3 rings (SSSR count). The lowest BCUT2D eigenvalue weighted by Gasteiger charge is -2.13. The lowest BCUT2D eigenvalue weighted by atomic mass is 10.1. The third kappa shape index (κ3) is 3.75. The Morgan fingerprint density at radius 1 is 1.08 bits per heavy atom. The maximum Gasteiger partial charge on any atom is 0.293 e. The molecule has 0 aromatic heterocycles. The Hall–Kier alpha value is -2.73. The molecule has 1 fully saturated rings. The molecule has 0 spiro atoms. The SMILES string of the molecule is CCOc1c(/C=C2/SC(=O)N(Cc3ccccc3)C2=O)cccc1OC. The van der Waals surface area contributed by atoms with Gasteiger partial charge < -0.3 is 9.47 Å². The van der Waals surface area contributed by atoms with E-state index in [1.54, 1.807) is 19.3 Å². The van der Waals surface area contributed by atoms with Crippen molar-refractivity contribution in [3.8, 4) is 11.5 Å². The molecule has 6 heteroatoms. The molecule has 134 valence electrons. The summed E-state index contributed by atoms with van der Waals surface area (Å²) in [5.41, 5.74) is 1.61. The molecule has 2 amide bonds. The second kappa shape index (κ2) is 8.10. The summed E-state index contributed by atoms with van der Waals surface area (Å²) in [4.78, 5) is 26.6. The van der Waals surface area contributed by atoms with Crippen LogP contribution in [0.1, 0.15) is 18.1 Å². The van der Waals surface area contributed by atoms with Gasteiger partial charge in [-0.05, 0) is 36.4 Å². The summed E-state index contributed by atoms with van der Waals surface area (Å²) in [6, 6.07) is 14.9. The quantitative estimate of drug-likeness (QED) is 0.710. The molecule has 0 unspecified atom stereocenters. The zero-order valence-corrected chi connectivity index (χ0v) is 15.4. The molecule has 0 saturated carbocycles. The van der Waals surface area contributed by atoms with Gasteiger partial charge in [-0.25, -0.2) is 0 Å². The van der Waals surface area contributed by atoms with Crippen molar-refractivity contribution >= 4 is 29.0 Å². The van der Waals surface area contributed by atoms with E-state index < -0.39 is 0 Å². The average Bonchev–Trinajstić information content (AvgIpc) is 2.91. The Morgan fingerprint density at radius 3 is 2.54 bits per heavy atom. The van der Waals surface area contributed by atoms with Crippen molar-refractivity contribution in [3.05, 3.63) is 64.6 Å². The van der Waals surface area contributed by atoms with Gasteiger partial charge in [0, 0.05) is 5.56 Å². The number of carbonyl (C=O) groups excluding carboxylic acids is 2. The van der Waals surface area contributed by atoms with Gasteiger partial charge in [0.2, 0.25) is 0 Å². The molecule has 1 saturated heterocycles. The Morgan fingerprint density at radius 2 is 1.85 bits per heavy atom. The molecule has 2 aromatic carbocycles. The molecule has 0 atom stereocenters. The van der Waals surface area contributed by atoms with E-state index >= 15 is 0 Å². The second-order valence-electron chi connectivity index (χ2n) is 5.57. The number of imide groups is 1. The van der Waals surface area contributed by atoms with Gasteiger partial charge in [0.25, 0.3) is 11.1 Å². The summed E-state index contributed by atoms with van der Waals surface area (Å²) >= 11 is 0.938. The van der Waals surface area contributed by atoms with Crippen molar-refractivity contribution in [1.29, 1.82) is 0 Å². The first-order valence-electron chi connectivity index (χ1n) is 8.23. The lowest BCUT2D eigenvalue weighted by molar-refractivity contribution is -0.123. The first kappa shape index (κ1) is 18.1. The van der Waals surface area contributed by atoms with E-state index in [2.05, 4.69) is 0 Å². The van der Waals surface area contributed by atoms with Crippen LogP contribution in [0.25, 0.3) is 6.08 Å². The maximum atomic E-state index is 12.7. The van der Waals surface area contributed by atoms with Crippen molar-refractivity contribution < 1.29 is 19.1 Å². The highest BCUT2D eigenvalue weighted by Crippen LogP contribution is 2.37. The van der Waals surface area contributed by atoms with E-state index in [-0.39, 0.29) is 17.7 Å². The van der Waals surface area contributed by atoms with Crippen molar-refractivity contribution in [3.63, 3.8) is 0 Å². The summed E-state index contributed by atoms with van der Waals surface area (Å²) in [5, 5.41) is -0.272. The van der Waals surface area contributed by atoms with E-state index in [1.165, 1.54) is 4.90 Å². The topological polar surface area (TPSA) is 55.8 Å². The van der Waals surface area contributed by atoms with Crippen LogP contribution in [0.15, 0.2) is 53.4 Å². The van der Waals surface area contributed by atoms with Crippen LogP contribution < -0.4 is 9.47 Å². The van der Waals surface area contributed by atoms with Gasteiger partial charge in [0.05, 0.1) is 25.2 Å². The van der Waals surface area contributed by atoms with Gasteiger partial charge in [-0.15, -0.1) is 0 Å². The highest BCUT2D eigenvalue weighted by molar-refractivity contribution is 8.18. The number of amides is 2. The fraction of sp³-hybridized carbons (Fsp3) is 0.200. The zero-order chi connectivity index (χ0) is 18.5. The van der Waals surface area contributed by atoms with Gasteiger partial charge in [-0.3, -0.25) is 14.5 Å². The molecule has 2 aromatic rings. The van der Waals surface area contributed by atoms with Crippen molar-refractivity contribution in [2.45, 2.75) is 13.5 Å². The Kier molecular flexibility index (Phi) is 5.63. The fourth-order valence-corrected chi connectivity index (χ4v) is 3.48. The van der Waals surface area contributed by atoms with E-state index in [4.69, 9.17) is 9.47 Å². The van der Waals surface area contributed by atoms with Gasteiger partial charge in [-0.1, -0.05) is 42.5 Å². The average molecular weight is 369 g/mol. The highest BCUT2D eigenvalue weighted by Gasteiger charge is 2.35. The van der Waals surface area contributed by atoms with Crippen LogP contribution >= 0.6 is 11.8 Å². The minimum atomic E-state index is -0.297. The predicted octanol–water partition coefficient (Wildman–Crippen LogP) is 4.33. The molecule has 1 aliphatic rings. The molecule has 0 N–H and O–H groups in total. The highest BCUT2D eigenvalue weighted by atomic mass is 32.2. The summed E-state index contributed by atoms with van der Waals surface area (Å²) in [7, 11) is 1.56. The fourth-order valence-electron chi connectivity index (χ4n) is 2.65. The number of benzene rings is 2. The van der Waals surface area contributed by atoms with Crippen LogP contribution in [0.2, 0.25) is 0 Å². The monoisotopic (exact) mass is 369 g/mol. The van der Waals surface area contributed by atoms with Gasteiger partial charge in [-0.2, -0.15) is 0 Å². The third-order valence-electron chi connectivity index (χ3n) is 3.86. The minimum absolute atomic E-state index is 0.263. The number of carbonyl (C=O) groups is 2. The summed E-state index contributed by atoms with van der Waals surface area (Å²) in [6.45, 7) is 2.61. The van der Waals surface area contributed by atoms with Crippen LogP contribution in [0.3, 0.4) is 0 Å². The minimum Gasteiger partial charge on any atom is -0.493 e. The largest absolute Gasteiger partial charge is 0.493 e. The summed E-state index contributed by atoms with van der Waals surface area (Å²) in [6.07, 6.45) is 1.68. The van der Waals surface area contributed by atoms with Crippen molar-refractivity contribution in [2.75, 3.05) is 13.7 Å². The summed E-state index contributed by atoms with van der Waals surface area (Å²) in [5.74, 6) is 0.852. The van der Waals surface area contributed by atoms with Gasteiger partial charge >= 0.3 is 0 Å². The number of methoxy groups -OCH3 is 1. The number of hydrogen-bond donors (Lipinski definition) is 0. The number of thioether (sulfide) groups is 1. The van der Waals surface area contributed by atoms with E-state index in [0.29, 0.717) is 28.6 Å². The molecular weight excluding hydrogens is 350 g/mol. The number of nitrogens with zero attached hydrogens (tertiary/aromatic N) is 1. The standard InChI is InChI=1S/C20H19NO4S/c1-3-25-18-15(10-7-11-16(18)24-2)12-17-19(22)21(20(23)26-17)13-14-8-5-4-6-9-14/h4-12H,3,13H2,1-2H3/b17-12+. The number of hydrogen-bond acceptors (Lipinski definition) is 5. The Labute approximate surface area is 156 Å². The first-order valence-corrected chi connectivity index (χ1v) is 9.04. The normalized spacial score (nSPS) is 15.6. The van der Waals surface area contributed by atoms with Crippen LogP contribution in [-0.4, -0.2) is 29.8 Å². The van der Waals surface area contributed by atoms with Crippen LogP contribution in [0, 0.1) is 0 Å². The molecular formula is C20H19NO4S. The number of rotatable bonds is 6. The smallest absolute Gasteiger partial charge is 0.293 e. The zero-order valence-electron chi connectivity index (χ0n) is 14.6.